The van der Waals surface area contributed by atoms with Gasteiger partial charge in [-0.1, -0.05) is 25.1 Å². The average Bonchev–Trinajstić information content (AvgIpc) is 2.83. The summed E-state index contributed by atoms with van der Waals surface area (Å²) in [4.78, 5) is 7.87. The van der Waals surface area contributed by atoms with E-state index in [1.165, 1.54) is 16.1 Å². The molecule has 2 N–H and O–H groups in total. The van der Waals surface area contributed by atoms with Gasteiger partial charge < -0.3 is 10.6 Å². The Labute approximate surface area is 119 Å². The first-order chi connectivity index (χ1) is 9.13. The third-order valence-electron chi connectivity index (χ3n) is 3.41. The number of hydrogen-bond donors (Lipinski definition) is 1. The summed E-state index contributed by atoms with van der Waals surface area (Å²) in [5.41, 5.74) is 11.7. The van der Waals surface area contributed by atoms with Crippen LogP contribution in [0.3, 0.4) is 0 Å². The highest BCUT2D eigenvalue weighted by Gasteiger charge is 2.13. The molecule has 2 aromatic rings. The monoisotopic (exact) mass is 275 g/mol. The molecule has 0 spiro atoms. The lowest BCUT2D eigenvalue weighted by Crippen LogP contribution is -2.20. The molecule has 0 aliphatic carbocycles. The zero-order valence-electron chi connectivity index (χ0n) is 11.8. The lowest BCUT2D eigenvalue weighted by atomic mass is 10.0. The maximum absolute atomic E-state index is 6.20. The number of benzene rings is 1. The standard InChI is InChI=1S/C15H21N3S/c1-4-13(16)12-7-5-6-8-14(12)18(3)9-15-11(2)17-10-19-15/h5-8,10,13H,4,9,16H2,1-3H3. The van der Waals surface area contributed by atoms with Crippen molar-refractivity contribution in [3.63, 3.8) is 0 Å². The number of hydrogen-bond acceptors (Lipinski definition) is 4. The fourth-order valence-corrected chi connectivity index (χ4v) is 2.98. The van der Waals surface area contributed by atoms with Gasteiger partial charge in [0.1, 0.15) is 0 Å². The molecule has 0 amide bonds. The molecule has 19 heavy (non-hydrogen) atoms. The first kappa shape index (κ1) is 14.0. The predicted molar refractivity (Wildman–Crippen MR) is 82.6 cm³/mol. The minimum absolute atomic E-state index is 0.0983. The number of nitrogens with two attached hydrogens (primary N) is 1. The van der Waals surface area contributed by atoms with E-state index in [9.17, 15) is 0 Å². The van der Waals surface area contributed by atoms with Crippen molar-refractivity contribution < 1.29 is 0 Å². The van der Waals surface area contributed by atoms with Crippen molar-refractivity contribution in [1.82, 2.24) is 4.98 Å². The van der Waals surface area contributed by atoms with Crippen LogP contribution in [-0.2, 0) is 6.54 Å². The Morgan fingerprint density at radius 2 is 2.11 bits per heavy atom. The van der Waals surface area contributed by atoms with Crippen LogP contribution in [0.15, 0.2) is 29.8 Å². The zero-order valence-corrected chi connectivity index (χ0v) is 12.6. The number of anilines is 1. The zero-order chi connectivity index (χ0) is 13.8. The van der Waals surface area contributed by atoms with Gasteiger partial charge in [-0.2, -0.15) is 0 Å². The number of para-hydroxylation sites is 1. The summed E-state index contributed by atoms with van der Waals surface area (Å²) in [6.45, 7) is 5.06. The van der Waals surface area contributed by atoms with E-state index < -0.39 is 0 Å². The van der Waals surface area contributed by atoms with Gasteiger partial charge >= 0.3 is 0 Å². The van der Waals surface area contributed by atoms with Crippen molar-refractivity contribution in [3.8, 4) is 0 Å². The average molecular weight is 275 g/mol. The Kier molecular flexibility index (Phi) is 4.56. The maximum atomic E-state index is 6.20. The second-order valence-corrected chi connectivity index (χ2v) is 5.73. The lowest BCUT2D eigenvalue weighted by Gasteiger charge is -2.24. The van der Waals surface area contributed by atoms with Crippen molar-refractivity contribution in [2.75, 3.05) is 11.9 Å². The molecular formula is C15H21N3S. The summed E-state index contributed by atoms with van der Waals surface area (Å²) < 4.78 is 0. The van der Waals surface area contributed by atoms with E-state index in [0.717, 1.165) is 18.7 Å². The van der Waals surface area contributed by atoms with Gasteiger partial charge in [-0.25, -0.2) is 4.98 Å². The molecular weight excluding hydrogens is 254 g/mol. The quantitative estimate of drug-likeness (QED) is 0.908. The molecule has 1 aromatic carbocycles. The summed E-state index contributed by atoms with van der Waals surface area (Å²) in [5.74, 6) is 0. The SMILES string of the molecule is CCC(N)c1ccccc1N(C)Cc1scnc1C. The highest BCUT2D eigenvalue weighted by molar-refractivity contribution is 7.09. The van der Waals surface area contributed by atoms with Crippen molar-refractivity contribution in [3.05, 3.63) is 45.9 Å². The Hall–Kier alpha value is -1.39. The van der Waals surface area contributed by atoms with Gasteiger partial charge in [0.2, 0.25) is 0 Å². The van der Waals surface area contributed by atoms with Crippen LogP contribution in [0.2, 0.25) is 0 Å². The van der Waals surface area contributed by atoms with Crippen molar-refractivity contribution in [2.45, 2.75) is 32.9 Å². The second kappa shape index (κ2) is 6.17. The number of rotatable bonds is 5. The van der Waals surface area contributed by atoms with Gasteiger partial charge in [-0.15, -0.1) is 11.3 Å². The van der Waals surface area contributed by atoms with Gasteiger partial charge in [0.15, 0.2) is 0 Å². The third kappa shape index (κ3) is 3.14. The summed E-state index contributed by atoms with van der Waals surface area (Å²) in [7, 11) is 2.11. The van der Waals surface area contributed by atoms with E-state index in [1.54, 1.807) is 11.3 Å². The number of aromatic nitrogens is 1. The van der Waals surface area contributed by atoms with Gasteiger partial charge in [-0.05, 0) is 25.0 Å². The molecule has 0 fully saturated rings. The molecule has 0 saturated heterocycles. The first-order valence-corrected chi connectivity index (χ1v) is 7.46. The molecule has 102 valence electrons. The summed E-state index contributed by atoms with van der Waals surface area (Å²) in [6, 6.07) is 8.49. The smallest absolute Gasteiger partial charge is 0.0798 e. The summed E-state index contributed by atoms with van der Waals surface area (Å²) in [6.07, 6.45) is 0.949. The number of aryl methyl sites for hydroxylation is 1. The highest BCUT2D eigenvalue weighted by atomic mass is 32.1. The van der Waals surface area contributed by atoms with Crippen LogP contribution < -0.4 is 10.6 Å². The van der Waals surface area contributed by atoms with Crippen molar-refractivity contribution >= 4 is 17.0 Å². The van der Waals surface area contributed by atoms with E-state index in [-0.39, 0.29) is 6.04 Å². The Morgan fingerprint density at radius 1 is 1.37 bits per heavy atom. The topological polar surface area (TPSA) is 42.1 Å². The Bertz CT molecular complexity index is 536. The molecule has 0 aliphatic heterocycles. The molecule has 0 aliphatic rings. The maximum Gasteiger partial charge on any atom is 0.0798 e. The molecule has 0 radical (unpaired) electrons. The third-order valence-corrected chi connectivity index (χ3v) is 4.33. The normalized spacial score (nSPS) is 12.4. The van der Waals surface area contributed by atoms with Gasteiger partial charge in [0.25, 0.3) is 0 Å². The van der Waals surface area contributed by atoms with Crippen LogP contribution in [0.4, 0.5) is 5.69 Å². The van der Waals surface area contributed by atoms with E-state index in [1.807, 2.05) is 5.51 Å². The Morgan fingerprint density at radius 3 is 2.74 bits per heavy atom. The molecule has 2 rings (SSSR count). The molecule has 1 aromatic heterocycles. The van der Waals surface area contributed by atoms with E-state index in [2.05, 4.69) is 55.0 Å². The minimum Gasteiger partial charge on any atom is -0.369 e. The molecule has 4 heteroatoms. The minimum atomic E-state index is 0.0983. The predicted octanol–water partition coefficient (Wildman–Crippen LogP) is 3.50. The molecule has 0 bridgehead atoms. The van der Waals surface area contributed by atoms with Crippen LogP contribution in [0.25, 0.3) is 0 Å². The van der Waals surface area contributed by atoms with Crippen LogP contribution in [0, 0.1) is 6.92 Å². The largest absolute Gasteiger partial charge is 0.369 e. The molecule has 1 unspecified atom stereocenters. The summed E-state index contributed by atoms with van der Waals surface area (Å²) in [5, 5.41) is 0. The van der Waals surface area contributed by atoms with Crippen LogP contribution in [0.1, 0.15) is 35.5 Å². The fourth-order valence-electron chi connectivity index (χ4n) is 2.15. The molecule has 1 atom stereocenters. The summed E-state index contributed by atoms with van der Waals surface area (Å²) >= 11 is 1.71. The number of nitrogens with zero attached hydrogens (tertiary/aromatic N) is 2. The van der Waals surface area contributed by atoms with Crippen LogP contribution >= 0.6 is 11.3 Å². The molecule has 1 heterocycles. The lowest BCUT2D eigenvalue weighted by molar-refractivity contribution is 0.694. The van der Waals surface area contributed by atoms with Gasteiger partial charge in [0, 0.05) is 23.7 Å². The van der Waals surface area contributed by atoms with Crippen molar-refractivity contribution in [2.24, 2.45) is 5.73 Å². The van der Waals surface area contributed by atoms with Crippen molar-refractivity contribution in [1.29, 1.82) is 0 Å². The van der Waals surface area contributed by atoms with E-state index in [0.29, 0.717) is 0 Å². The van der Waals surface area contributed by atoms with E-state index >= 15 is 0 Å². The van der Waals surface area contributed by atoms with E-state index in [4.69, 9.17) is 5.73 Å². The van der Waals surface area contributed by atoms with Crippen LogP contribution in [-0.4, -0.2) is 12.0 Å². The first-order valence-electron chi connectivity index (χ1n) is 6.58. The fraction of sp³-hybridized carbons (Fsp3) is 0.400. The second-order valence-electron chi connectivity index (χ2n) is 4.79. The van der Waals surface area contributed by atoms with Crippen LogP contribution in [0.5, 0.6) is 0 Å². The molecule has 0 saturated carbocycles. The van der Waals surface area contributed by atoms with Gasteiger partial charge in [0.05, 0.1) is 17.7 Å². The Balaban J connectivity index is 2.24. The van der Waals surface area contributed by atoms with Gasteiger partial charge in [-0.3, -0.25) is 0 Å². The highest BCUT2D eigenvalue weighted by Crippen LogP contribution is 2.28. The number of thiazole rings is 1. The molecule has 3 nitrogen and oxygen atoms in total.